The molecule has 27 heavy (non-hydrogen) atoms. The van der Waals surface area contributed by atoms with Crippen LogP contribution in [0.25, 0.3) is 23.3 Å². The van der Waals surface area contributed by atoms with E-state index in [2.05, 4.69) is 18.1 Å². The van der Waals surface area contributed by atoms with E-state index in [4.69, 9.17) is 9.56 Å². The molecule has 0 aliphatic rings. The molecular weight excluding hydrogens is 373 g/mol. The first-order chi connectivity index (χ1) is 12.6. The van der Waals surface area contributed by atoms with Crippen LogP contribution in [0.1, 0.15) is 13.0 Å². The van der Waals surface area contributed by atoms with Crippen LogP contribution in [-0.4, -0.2) is 18.0 Å². The Morgan fingerprint density at radius 1 is 1.44 bits per heavy atom. The summed E-state index contributed by atoms with van der Waals surface area (Å²) in [6.45, 7) is 9.40. The summed E-state index contributed by atoms with van der Waals surface area (Å²) >= 11 is 0. The van der Waals surface area contributed by atoms with Gasteiger partial charge in [0.05, 0.1) is 11.6 Å². The molecule has 1 atom stereocenters. The summed E-state index contributed by atoms with van der Waals surface area (Å²) in [5, 5.41) is 6.34. The molecule has 2 aromatic heterocycles. The molecule has 7 nitrogen and oxygen atoms in total. The summed E-state index contributed by atoms with van der Waals surface area (Å²) in [5.74, 6) is -1.86. The third kappa shape index (κ3) is 3.22. The first-order valence-corrected chi connectivity index (χ1v) is 9.32. The number of sulfonamides is 1. The lowest BCUT2D eigenvalue weighted by molar-refractivity contribution is 0.498. The average Bonchev–Trinajstić information content (AvgIpc) is 2.90. The van der Waals surface area contributed by atoms with Gasteiger partial charge in [0.25, 0.3) is 0 Å². The Morgan fingerprint density at radius 2 is 2.15 bits per heavy atom. The number of benzene rings is 1. The molecule has 0 aliphatic carbocycles. The summed E-state index contributed by atoms with van der Waals surface area (Å²) in [6.07, 6.45) is 4.72. The number of fused-ring (bicyclic) bond motifs is 1. The maximum absolute atomic E-state index is 14.3. The van der Waals surface area contributed by atoms with E-state index >= 15 is 0 Å². The van der Waals surface area contributed by atoms with Crippen LogP contribution in [0.15, 0.2) is 57.4 Å². The molecule has 0 bridgehead atoms. The third-order valence-corrected chi connectivity index (χ3v) is 5.18. The molecule has 0 aliphatic heterocycles. The zero-order valence-electron chi connectivity index (χ0n) is 14.3. The van der Waals surface area contributed by atoms with Crippen LogP contribution in [0.4, 0.5) is 4.39 Å². The zero-order valence-corrected chi connectivity index (χ0v) is 15.2. The highest BCUT2D eigenvalue weighted by Crippen LogP contribution is 2.26. The molecule has 0 saturated carbocycles. The summed E-state index contributed by atoms with van der Waals surface area (Å²) in [4.78, 5) is 15.7. The number of nitrogens with two attached hydrogens (primary N) is 1. The highest BCUT2D eigenvalue weighted by molar-refractivity contribution is 7.89. The standard InChI is InChI=1S/C18H16FN3O4S/c1-4-12(13-9-21-6-5-10(13)2)11(3)22-15-7-14(19)17(27(20,24)25)8-16(15)26-18(22)23/h4-9,11H,1-2H2,3H3,(H2,20,24,25). The van der Waals surface area contributed by atoms with Gasteiger partial charge in [-0.25, -0.2) is 22.7 Å². The summed E-state index contributed by atoms with van der Waals surface area (Å²) in [6, 6.07) is 2.90. The van der Waals surface area contributed by atoms with E-state index in [0.29, 0.717) is 16.0 Å². The van der Waals surface area contributed by atoms with Crippen molar-refractivity contribution in [1.82, 2.24) is 9.55 Å². The molecule has 1 aromatic carbocycles. The van der Waals surface area contributed by atoms with Gasteiger partial charge in [0.2, 0.25) is 10.0 Å². The molecule has 9 heteroatoms. The number of nitrogens with zero attached hydrogens (tertiary/aromatic N) is 2. The van der Waals surface area contributed by atoms with Gasteiger partial charge < -0.3 is 4.42 Å². The van der Waals surface area contributed by atoms with E-state index in [0.717, 1.165) is 12.1 Å². The molecule has 0 fully saturated rings. The maximum atomic E-state index is 14.3. The van der Waals surface area contributed by atoms with Crippen molar-refractivity contribution in [2.45, 2.75) is 17.9 Å². The van der Waals surface area contributed by atoms with Crippen LogP contribution in [-0.2, 0) is 10.0 Å². The predicted molar refractivity (Wildman–Crippen MR) is 99.1 cm³/mol. The molecule has 140 valence electrons. The number of pyridine rings is 1. The van der Waals surface area contributed by atoms with Gasteiger partial charge >= 0.3 is 5.76 Å². The number of oxazole rings is 1. The lowest BCUT2D eigenvalue weighted by Crippen LogP contribution is -2.30. The fourth-order valence-corrected chi connectivity index (χ4v) is 3.55. The Labute approximate surface area is 153 Å². The van der Waals surface area contributed by atoms with Gasteiger partial charge in [-0.1, -0.05) is 19.2 Å². The van der Waals surface area contributed by atoms with Crippen molar-refractivity contribution < 1.29 is 17.2 Å². The monoisotopic (exact) mass is 389 g/mol. The van der Waals surface area contributed by atoms with E-state index in [1.54, 1.807) is 31.5 Å². The van der Waals surface area contributed by atoms with Gasteiger partial charge in [-0.15, -0.1) is 0 Å². The van der Waals surface area contributed by atoms with Crippen molar-refractivity contribution in [3.63, 3.8) is 0 Å². The topological polar surface area (TPSA) is 108 Å². The molecule has 3 rings (SSSR count). The van der Waals surface area contributed by atoms with Crippen molar-refractivity contribution in [2.75, 3.05) is 0 Å². The van der Waals surface area contributed by atoms with Crippen molar-refractivity contribution in [1.29, 1.82) is 0 Å². The van der Waals surface area contributed by atoms with Crippen molar-refractivity contribution in [2.24, 2.45) is 5.14 Å². The fraction of sp³-hybridized carbons (Fsp3) is 0.111. The highest BCUT2D eigenvalue weighted by atomic mass is 32.2. The maximum Gasteiger partial charge on any atom is 0.420 e. The minimum Gasteiger partial charge on any atom is -0.408 e. The summed E-state index contributed by atoms with van der Waals surface area (Å²) in [7, 11) is -4.30. The summed E-state index contributed by atoms with van der Waals surface area (Å²) in [5.41, 5.74) is 0.613. The number of allylic oxidation sites excluding steroid dienone is 1. The highest BCUT2D eigenvalue weighted by Gasteiger charge is 2.23. The van der Waals surface area contributed by atoms with Gasteiger partial charge in [0, 0.05) is 29.7 Å². The normalized spacial score (nSPS) is 14.2. The van der Waals surface area contributed by atoms with E-state index < -0.39 is 32.5 Å². The molecule has 3 aromatic rings. The van der Waals surface area contributed by atoms with Crippen LogP contribution in [0.2, 0.25) is 0 Å². The third-order valence-electron chi connectivity index (χ3n) is 4.25. The fourth-order valence-electron chi connectivity index (χ4n) is 2.95. The largest absolute Gasteiger partial charge is 0.420 e. The SMILES string of the molecule is C=CC(=c1cnccc1=C)C(C)n1c(=O)oc2cc(S(N)(=O)=O)c(F)cc21. The number of hydrogen-bond acceptors (Lipinski definition) is 5. The van der Waals surface area contributed by atoms with E-state index in [-0.39, 0.29) is 11.1 Å². The van der Waals surface area contributed by atoms with Crippen LogP contribution < -0.4 is 21.3 Å². The molecule has 2 heterocycles. The number of primary sulfonamides is 1. The lowest BCUT2D eigenvalue weighted by atomic mass is 10.1. The van der Waals surface area contributed by atoms with Gasteiger partial charge in [-0.05, 0) is 23.8 Å². The Balaban J connectivity index is 2.34. The van der Waals surface area contributed by atoms with Crippen LogP contribution in [0.3, 0.4) is 0 Å². The van der Waals surface area contributed by atoms with E-state index in [9.17, 15) is 17.6 Å². The Morgan fingerprint density at radius 3 is 2.74 bits per heavy atom. The van der Waals surface area contributed by atoms with Gasteiger partial charge in [0.1, 0.15) is 10.7 Å². The molecule has 0 spiro atoms. The zero-order chi connectivity index (χ0) is 19.9. The lowest BCUT2D eigenvalue weighted by Gasteiger charge is -2.14. The summed E-state index contributed by atoms with van der Waals surface area (Å²) < 4.78 is 43.6. The number of hydrogen-bond donors (Lipinski definition) is 1. The second-order valence-corrected chi connectivity index (χ2v) is 7.43. The quantitative estimate of drug-likeness (QED) is 0.710. The van der Waals surface area contributed by atoms with Crippen molar-refractivity contribution in [3.05, 3.63) is 70.1 Å². The molecule has 0 radical (unpaired) electrons. The number of aromatic nitrogens is 2. The number of rotatable bonds is 4. The smallest absolute Gasteiger partial charge is 0.408 e. The van der Waals surface area contributed by atoms with E-state index in [1.807, 2.05) is 0 Å². The minimum atomic E-state index is -4.30. The van der Waals surface area contributed by atoms with Crippen LogP contribution in [0, 0.1) is 5.82 Å². The Hall–Kier alpha value is -3.04. The Bertz CT molecular complexity index is 1340. The molecule has 0 saturated heterocycles. The predicted octanol–water partition coefficient (Wildman–Crippen LogP) is 0.784. The number of halogens is 1. The van der Waals surface area contributed by atoms with Crippen LogP contribution >= 0.6 is 0 Å². The van der Waals surface area contributed by atoms with Crippen molar-refractivity contribution in [3.8, 4) is 0 Å². The van der Waals surface area contributed by atoms with Crippen molar-refractivity contribution >= 4 is 33.3 Å². The van der Waals surface area contributed by atoms with Gasteiger partial charge in [-0.2, -0.15) is 0 Å². The first kappa shape index (κ1) is 18.7. The van der Waals surface area contributed by atoms with Crippen LogP contribution in [0.5, 0.6) is 0 Å². The molecule has 2 N–H and O–H groups in total. The Kier molecular flexibility index (Phi) is 4.58. The minimum absolute atomic E-state index is 0.0891. The van der Waals surface area contributed by atoms with Gasteiger partial charge in [-0.3, -0.25) is 9.55 Å². The van der Waals surface area contributed by atoms with E-state index in [1.165, 1.54) is 4.57 Å². The molecule has 0 amide bonds. The second kappa shape index (κ2) is 6.60. The second-order valence-electron chi connectivity index (χ2n) is 5.90. The average molecular weight is 389 g/mol. The molecular formula is C18H16FN3O4S. The molecule has 1 unspecified atom stereocenters. The van der Waals surface area contributed by atoms with Gasteiger partial charge in [0.15, 0.2) is 5.58 Å². The first-order valence-electron chi connectivity index (χ1n) is 7.78.